The number of aromatic nitrogens is 2. The number of aryl methyl sites for hydroxylation is 3. The summed E-state index contributed by atoms with van der Waals surface area (Å²) in [5.41, 5.74) is 9.26. The summed E-state index contributed by atoms with van der Waals surface area (Å²) < 4.78 is 2.14. The van der Waals surface area contributed by atoms with Gasteiger partial charge in [-0.2, -0.15) is 5.10 Å². The molecular weight excluding hydrogens is 462 g/mol. The lowest BCUT2D eigenvalue weighted by Gasteiger charge is -2.21. The van der Waals surface area contributed by atoms with Gasteiger partial charge in [-0.3, -0.25) is 4.57 Å². The van der Waals surface area contributed by atoms with Crippen molar-refractivity contribution in [3.63, 3.8) is 0 Å². The molecule has 0 bridgehead atoms. The Labute approximate surface area is 215 Å². The second kappa shape index (κ2) is 9.28. The van der Waals surface area contributed by atoms with Crippen LogP contribution in [0.1, 0.15) is 22.3 Å². The van der Waals surface area contributed by atoms with E-state index in [4.69, 9.17) is 4.98 Å². The van der Waals surface area contributed by atoms with Crippen LogP contribution in [0.3, 0.4) is 0 Å². The summed E-state index contributed by atoms with van der Waals surface area (Å²) in [6.45, 7) is 7.36. The zero-order chi connectivity index (χ0) is 24.6. The minimum absolute atomic E-state index is 0.950. The number of nitrogens with zero attached hydrogens (tertiary/aromatic N) is 5. The maximum Gasteiger partial charge on any atom is 0.190 e. The quantitative estimate of drug-likeness (QED) is 0.201. The second-order valence-corrected chi connectivity index (χ2v) is 10.3. The molecule has 178 valence electrons. The van der Waals surface area contributed by atoms with Crippen molar-refractivity contribution in [1.29, 1.82) is 0 Å². The first-order chi connectivity index (χ1) is 17.6. The van der Waals surface area contributed by atoms with Crippen LogP contribution in [0.2, 0.25) is 0 Å². The first kappa shape index (κ1) is 22.6. The van der Waals surface area contributed by atoms with Crippen molar-refractivity contribution in [2.75, 3.05) is 17.2 Å². The number of benzene rings is 4. The van der Waals surface area contributed by atoms with E-state index in [1.807, 2.05) is 12.5 Å². The Bertz CT molecular complexity index is 1630. The topological polar surface area (TPSA) is 45.8 Å². The summed E-state index contributed by atoms with van der Waals surface area (Å²) in [6, 6.07) is 25.6. The number of para-hydroxylation sites is 1. The maximum absolute atomic E-state index is 4.74. The number of hydrogen-bond acceptors (Lipinski definition) is 4. The minimum Gasteiger partial charge on any atom is -0.318 e. The predicted octanol–water partition coefficient (Wildman–Crippen LogP) is 7.05. The molecule has 1 aliphatic heterocycles. The van der Waals surface area contributed by atoms with Crippen LogP contribution in [0.5, 0.6) is 0 Å². The van der Waals surface area contributed by atoms with Gasteiger partial charge in [0.1, 0.15) is 6.33 Å². The normalized spacial score (nSPS) is 15.2. The molecule has 1 aliphatic rings. The molecule has 4 aromatic carbocycles. The molecule has 0 saturated carbocycles. The first-order valence-corrected chi connectivity index (χ1v) is 13.1. The summed E-state index contributed by atoms with van der Waals surface area (Å²) in [5, 5.41) is 12.3. The van der Waals surface area contributed by atoms with Crippen molar-refractivity contribution < 1.29 is 0 Å². The van der Waals surface area contributed by atoms with E-state index >= 15 is 0 Å². The van der Waals surface area contributed by atoms with Gasteiger partial charge in [-0.1, -0.05) is 65.9 Å². The minimum atomic E-state index is 0.950. The SMILES string of the molecule is Cc1ccc(-n2cnc3c4ccc(/C=N/N=C5\SCCN5c5c(C)cccc5C)cc4ccc32)cc1. The molecule has 5 aromatic rings. The molecular formula is C30H27N5S. The fourth-order valence-corrected chi connectivity index (χ4v) is 5.79. The predicted molar refractivity (Wildman–Crippen MR) is 154 cm³/mol. The number of thioether (sulfide) groups is 1. The monoisotopic (exact) mass is 489 g/mol. The maximum atomic E-state index is 4.74. The van der Waals surface area contributed by atoms with Gasteiger partial charge in [-0.05, 0) is 67.1 Å². The zero-order valence-corrected chi connectivity index (χ0v) is 21.5. The Morgan fingerprint density at radius 1 is 0.917 bits per heavy atom. The van der Waals surface area contributed by atoms with Crippen LogP contribution in [0.4, 0.5) is 5.69 Å². The molecule has 1 saturated heterocycles. The third-order valence-corrected chi connectivity index (χ3v) is 7.65. The van der Waals surface area contributed by atoms with Crippen LogP contribution in [0.25, 0.3) is 27.5 Å². The third kappa shape index (κ3) is 4.07. The van der Waals surface area contributed by atoms with E-state index in [0.717, 1.165) is 50.5 Å². The Morgan fingerprint density at radius 2 is 1.72 bits per heavy atom. The van der Waals surface area contributed by atoms with Crippen molar-refractivity contribution in [2.24, 2.45) is 10.2 Å². The molecule has 2 heterocycles. The summed E-state index contributed by atoms with van der Waals surface area (Å²) in [5.74, 6) is 1.02. The van der Waals surface area contributed by atoms with E-state index < -0.39 is 0 Å². The molecule has 0 amide bonds. The fraction of sp³-hybridized carbons (Fsp3) is 0.167. The van der Waals surface area contributed by atoms with Gasteiger partial charge >= 0.3 is 0 Å². The van der Waals surface area contributed by atoms with Gasteiger partial charge < -0.3 is 4.90 Å². The smallest absolute Gasteiger partial charge is 0.190 e. The summed E-state index contributed by atoms with van der Waals surface area (Å²) >= 11 is 1.75. The molecule has 0 N–H and O–H groups in total. The number of rotatable bonds is 4. The van der Waals surface area contributed by atoms with Gasteiger partial charge in [0.15, 0.2) is 5.17 Å². The summed E-state index contributed by atoms with van der Waals surface area (Å²) in [6.07, 6.45) is 3.74. The van der Waals surface area contributed by atoms with E-state index in [9.17, 15) is 0 Å². The van der Waals surface area contributed by atoms with Gasteiger partial charge in [0.2, 0.25) is 0 Å². The lowest BCUT2D eigenvalue weighted by molar-refractivity contribution is 1.07. The van der Waals surface area contributed by atoms with Crippen LogP contribution in [-0.2, 0) is 0 Å². The average Bonchev–Trinajstić information content (AvgIpc) is 3.52. The van der Waals surface area contributed by atoms with E-state index in [0.29, 0.717) is 0 Å². The molecule has 5 nitrogen and oxygen atoms in total. The lowest BCUT2D eigenvalue weighted by Crippen LogP contribution is -2.25. The van der Waals surface area contributed by atoms with Crippen LogP contribution in [0.15, 0.2) is 89.3 Å². The van der Waals surface area contributed by atoms with Gasteiger partial charge in [0.25, 0.3) is 0 Å². The highest BCUT2D eigenvalue weighted by atomic mass is 32.2. The van der Waals surface area contributed by atoms with E-state index in [1.54, 1.807) is 11.8 Å². The van der Waals surface area contributed by atoms with Crippen molar-refractivity contribution in [3.8, 4) is 5.69 Å². The number of anilines is 1. The molecule has 1 aromatic heterocycles. The van der Waals surface area contributed by atoms with Gasteiger partial charge in [-0.25, -0.2) is 4.98 Å². The molecule has 0 aliphatic carbocycles. The van der Waals surface area contributed by atoms with Crippen molar-refractivity contribution >= 4 is 50.6 Å². The third-order valence-electron chi connectivity index (χ3n) is 6.70. The first-order valence-electron chi connectivity index (χ1n) is 12.1. The fourth-order valence-electron chi connectivity index (χ4n) is 4.89. The number of imidazole rings is 1. The average molecular weight is 490 g/mol. The van der Waals surface area contributed by atoms with Gasteiger partial charge in [0.05, 0.1) is 17.2 Å². The largest absolute Gasteiger partial charge is 0.318 e. The van der Waals surface area contributed by atoms with Gasteiger partial charge in [0, 0.05) is 29.1 Å². The lowest BCUT2D eigenvalue weighted by atomic mass is 10.1. The summed E-state index contributed by atoms with van der Waals surface area (Å²) in [4.78, 5) is 7.03. The Morgan fingerprint density at radius 3 is 2.53 bits per heavy atom. The van der Waals surface area contributed by atoms with Crippen molar-refractivity contribution in [1.82, 2.24) is 9.55 Å². The Hall–Kier alpha value is -3.90. The van der Waals surface area contributed by atoms with Crippen LogP contribution < -0.4 is 4.90 Å². The highest BCUT2D eigenvalue weighted by Gasteiger charge is 2.23. The molecule has 0 radical (unpaired) electrons. The molecule has 0 unspecified atom stereocenters. The molecule has 36 heavy (non-hydrogen) atoms. The highest BCUT2D eigenvalue weighted by molar-refractivity contribution is 8.14. The Kier molecular flexibility index (Phi) is 5.82. The van der Waals surface area contributed by atoms with Crippen molar-refractivity contribution in [3.05, 3.63) is 101 Å². The Balaban J connectivity index is 1.29. The molecule has 0 spiro atoms. The van der Waals surface area contributed by atoms with Crippen LogP contribution in [0, 0.1) is 20.8 Å². The second-order valence-electron chi connectivity index (χ2n) is 9.23. The summed E-state index contributed by atoms with van der Waals surface area (Å²) in [7, 11) is 0. The molecule has 6 heteroatoms. The number of hydrogen-bond donors (Lipinski definition) is 0. The highest BCUT2D eigenvalue weighted by Crippen LogP contribution is 2.31. The van der Waals surface area contributed by atoms with Crippen molar-refractivity contribution in [2.45, 2.75) is 20.8 Å². The van der Waals surface area contributed by atoms with Crippen LogP contribution >= 0.6 is 11.8 Å². The van der Waals surface area contributed by atoms with Gasteiger partial charge in [-0.15, -0.1) is 5.10 Å². The number of amidine groups is 1. The molecule has 0 atom stereocenters. The molecule has 1 fully saturated rings. The zero-order valence-electron chi connectivity index (χ0n) is 20.6. The standard InChI is InChI=1S/C30H27N5S/c1-20-7-11-25(12-8-20)35-19-31-28-26-13-9-23(17-24(26)10-14-27(28)35)18-32-33-30-34(15-16-36-30)29-21(2)5-4-6-22(29)3/h4-14,17-19H,15-16H2,1-3H3/b32-18+,33-30-. The number of fused-ring (bicyclic) bond motifs is 3. The van der Waals surface area contributed by atoms with Crippen LogP contribution in [-0.4, -0.2) is 33.2 Å². The van der Waals surface area contributed by atoms with E-state index in [2.05, 4.69) is 113 Å². The van der Waals surface area contributed by atoms with E-state index in [1.165, 1.54) is 22.4 Å². The molecule has 6 rings (SSSR count). The van der Waals surface area contributed by atoms with E-state index in [-0.39, 0.29) is 0 Å².